The summed E-state index contributed by atoms with van der Waals surface area (Å²) >= 11 is 0. The summed E-state index contributed by atoms with van der Waals surface area (Å²) in [6.45, 7) is -1.21. The van der Waals surface area contributed by atoms with Crippen LogP contribution in [0.25, 0.3) is 0 Å². The third-order valence-electron chi connectivity index (χ3n) is 5.46. The molecule has 8 N–H and O–H groups in total. The molecule has 2 heterocycles. The molecule has 2 saturated heterocycles. The lowest BCUT2D eigenvalue weighted by Gasteiger charge is -2.37. The molecule has 2 aliphatic heterocycles. The summed E-state index contributed by atoms with van der Waals surface area (Å²) < 4.78 is 25.0. The molecule has 0 spiro atoms. The normalized spacial score (nSPS) is 38.6. The SMILES string of the molecule is OC[C@H]1O[C@H](C#Cc2ccc(C#C[C@H]3O[C@H](CO)[C@@H](O)[C@H](O)[C@@H]3O)c(F)c2)[C@@H](O)[C@@H](O)[C@@H]1O. The van der Waals surface area contributed by atoms with Crippen LogP contribution in [0.1, 0.15) is 11.1 Å². The molecule has 2 aliphatic rings. The fourth-order valence-corrected chi connectivity index (χ4v) is 3.44. The van der Waals surface area contributed by atoms with Gasteiger partial charge in [-0.05, 0) is 18.2 Å². The van der Waals surface area contributed by atoms with Gasteiger partial charge in [0.25, 0.3) is 0 Å². The summed E-state index contributed by atoms with van der Waals surface area (Å²) in [7, 11) is 0. The van der Waals surface area contributed by atoms with E-state index in [2.05, 4.69) is 23.7 Å². The maximum Gasteiger partial charge on any atom is 0.147 e. The molecule has 1 aromatic rings. The van der Waals surface area contributed by atoms with Gasteiger partial charge < -0.3 is 50.3 Å². The van der Waals surface area contributed by atoms with Gasteiger partial charge in [-0.3, -0.25) is 0 Å². The van der Waals surface area contributed by atoms with Gasteiger partial charge in [0.05, 0.1) is 18.8 Å². The van der Waals surface area contributed by atoms with Crippen molar-refractivity contribution < 1.29 is 54.7 Å². The first-order chi connectivity index (χ1) is 15.7. The Morgan fingerprint density at radius 2 is 1.18 bits per heavy atom. The van der Waals surface area contributed by atoms with Gasteiger partial charge in [-0.1, -0.05) is 23.7 Å². The molecule has 0 aromatic heterocycles. The summed E-state index contributed by atoms with van der Waals surface area (Å²) in [6, 6.07) is 3.76. The van der Waals surface area contributed by atoms with Gasteiger partial charge >= 0.3 is 0 Å². The van der Waals surface area contributed by atoms with Crippen LogP contribution in [-0.2, 0) is 9.47 Å². The Morgan fingerprint density at radius 3 is 1.64 bits per heavy atom. The van der Waals surface area contributed by atoms with Crippen molar-refractivity contribution in [1.82, 2.24) is 0 Å². The van der Waals surface area contributed by atoms with Crippen molar-refractivity contribution in [3.63, 3.8) is 0 Å². The second-order valence-electron chi connectivity index (χ2n) is 7.73. The van der Waals surface area contributed by atoms with Crippen LogP contribution in [0.5, 0.6) is 0 Å². The molecule has 3 rings (SSSR count). The number of halogens is 1. The quantitative estimate of drug-likeness (QED) is 0.201. The molecule has 0 saturated carbocycles. The van der Waals surface area contributed by atoms with Crippen LogP contribution in [0.3, 0.4) is 0 Å². The zero-order valence-corrected chi connectivity index (χ0v) is 17.2. The first-order valence-electron chi connectivity index (χ1n) is 10.1. The van der Waals surface area contributed by atoms with E-state index < -0.39 is 80.1 Å². The van der Waals surface area contributed by atoms with Crippen LogP contribution in [0.15, 0.2) is 18.2 Å². The topological polar surface area (TPSA) is 180 Å². The molecule has 180 valence electrons. The van der Waals surface area contributed by atoms with Crippen molar-refractivity contribution >= 4 is 0 Å². The van der Waals surface area contributed by atoms with E-state index in [1.165, 1.54) is 12.1 Å². The first kappa shape index (κ1) is 25.5. The van der Waals surface area contributed by atoms with E-state index in [4.69, 9.17) is 9.47 Å². The number of aliphatic hydroxyl groups excluding tert-OH is 8. The summed E-state index contributed by atoms with van der Waals surface area (Å²) in [5, 5.41) is 77.5. The maximum absolute atomic E-state index is 14.5. The number of aliphatic hydroxyl groups is 8. The summed E-state index contributed by atoms with van der Waals surface area (Å²) in [5.41, 5.74) is 0.105. The van der Waals surface area contributed by atoms with Gasteiger partial charge in [-0.25, -0.2) is 4.39 Å². The molecule has 0 unspecified atom stereocenters. The van der Waals surface area contributed by atoms with Crippen LogP contribution in [0.2, 0.25) is 0 Å². The monoisotopic (exact) mass is 468 g/mol. The van der Waals surface area contributed by atoms with Crippen molar-refractivity contribution in [2.75, 3.05) is 13.2 Å². The van der Waals surface area contributed by atoms with E-state index in [-0.39, 0.29) is 11.1 Å². The average Bonchev–Trinajstić information content (AvgIpc) is 2.81. The zero-order valence-electron chi connectivity index (χ0n) is 17.2. The minimum absolute atomic E-state index is 0.0784. The Morgan fingerprint density at radius 1 is 0.697 bits per heavy atom. The fraction of sp³-hybridized carbons (Fsp3) is 0.545. The molecule has 2 fully saturated rings. The minimum atomic E-state index is -1.60. The van der Waals surface area contributed by atoms with Crippen molar-refractivity contribution in [1.29, 1.82) is 0 Å². The van der Waals surface area contributed by atoms with Crippen molar-refractivity contribution in [3.05, 3.63) is 35.1 Å². The van der Waals surface area contributed by atoms with Crippen LogP contribution in [0, 0.1) is 29.5 Å². The lowest BCUT2D eigenvalue weighted by Crippen LogP contribution is -2.58. The number of benzene rings is 1. The molecule has 0 radical (unpaired) electrons. The first-order valence-corrected chi connectivity index (χ1v) is 10.1. The van der Waals surface area contributed by atoms with E-state index in [1.54, 1.807) is 0 Å². The highest BCUT2D eigenvalue weighted by atomic mass is 19.1. The van der Waals surface area contributed by atoms with Gasteiger partial charge in [0.2, 0.25) is 0 Å². The van der Waals surface area contributed by atoms with Gasteiger partial charge in [0.15, 0.2) is 0 Å². The smallest absolute Gasteiger partial charge is 0.147 e. The van der Waals surface area contributed by atoms with Gasteiger partial charge in [-0.2, -0.15) is 0 Å². The number of hydrogen-bond acceptors (Lipinski definition) is 10. The third kappa shape index (κ3) is 5.51. The lowest BCUT2D eigenvalue weighted by atomic mass is 9.95. The van der Waals surface area contributed by atoms with Crippen LogP contribution in [0.4, 0.5) is 4.39 Å². The van der Waals surface area contributed by atoms with Crippen molar-refractivity contribution in [3.8, 4) is 23.7 Å². The number of hydrogen-bond donors (Lipinski definition) is 8. The van der Waals surface area contributed by atoms with Crippen molar-refractivity contribution in [2.24, 2.45) is 0 Å². The molecule has 0 bridgehead atoms. The molecular formula is C22H25FO10. The highest BCUT2D eigenvalue weighted by molar-refractivity contribution is 5.44. The highest BCUT2D eigenvalue weighted by Crippen LogP contribution is 2.22. The highest BCUT2D eigenvalue weighted by Gasteiger charge is 2.43. The molecule has 10 nitrogen and oxygen atoms in total. The Bertz CT molecular complexity index is 946. The summed E-state index contributed by atoms with van der Waals surface area (Å²) in [5.74, 6) is 9.27. The summed E-state index contributed by atoms with van der Waals surface area (Å²) in [4.78, 5) is 0. The van der Waals surface area contributed by atoms with E-state index in [1.807, 2.05) is 0 Å². The molecule has 1 aromatic carbocycles. The van der Waals surface area contributed by atoms with Crippen LogP contribution in [-0.4, -0.2) is 115 Å². The number of ether oxygens (including phenoxy) is 2. The molecule has 10 atom stereocenters. The summed E-state index contributed by atoms with van der Waals surface area (Å²) in [6.07, 6.45) is -14.1. The minimum Gasteiger partial charge on any atom is -0.394 e. The Balaban J connectivity index is 1.73. The van der Waals surface area contributed by atoms with E-state index >= 15 is 0 Å². The lowest BCUT2D eigenvalue weighted by molar-refractivity contribution is -0.214. The maximum atomic E-state index is 14.5. The third-order valence-corrected chi connectivity index (χ3v) is 5.46. The van der Waals surface area contributed by atoms with E-state index in [0.717, 1.165) is 6.07 Å². The molecule has 11 heteroatoms. The van der Waals surface area contributed by atoms with Gasteiger partial charge in [0, 0.05) is 5.56 Å². The van der Waals surface area contributed by atoms with E-state index in [0.29, 0.717) is 0 Å². The predicted molar refractivity (Wildman–Crippen MR) is 108 cm³/mol. The van der Waals surface area contributed by atoms with Gasteiger partial charge in [0.1, 0.15) is 66.9 Å². The Kier molecular flexibility index (Phi) is 8.39. The molecule has 0 aliphatic carbocycles. The molecule has 33 heavy (non-hydrogen) atoms. The zero-order chi connectivity index (χ0) is 24.3. The second-order valence-corrected chi connectivity index (χ2v) is 7.73. The molecule has 0 amide bonds. The van der Waals surface area contributed by atoms with Crippen LogP contribution < -0.4 is 0 Å². The largest absolute Gasteiger partial charge is 0.394 e. The Hall–Kier alpha value is -2.13. The predicted octanol–water partition coefficient (Wildman–Crippen LogP) is -3.79. The Labute approximate surface area is 188 Å². The van der Waals surface area contributed by atoms with E-state index in [9.17, 15) is 45.2 Å². The van der Waals surface area contributed by atoms with Crippen LogP contribution >= 0.6 is 0 Å². The standard InChI is InChI=1S/C22H25FO10/c23-12-7-10(2-5-13-17(26)21(30)19(28)15(8-24)32-13)1-3-11(12)4-6-14-18(27)22(31)20(29)16(9-25)33-14/h1,3,7,13-22,24-31H,8-9H2/t13-,14-,15-,16-,17-,18-,19-,20-,21-,22-/m1/s1. The average molecular weight is 468 g/mol. The fourth-order valence-electron chi connectivity index (χ4n) is 3.44. The second kappa shape index (κ2) is 10.9. The number of rotatable bonds is 2. The van der Waals surface area contributed by atoms with Gasteiger partial charge in [-0.15, -0.1) is 0 Å². The van der Waals surface area contributed by atoms with Crippen molar-refractivity contribution in [2.45, 2.75) is 61.0 Å². The molecular weight excluding hydrogens is 443 g/mol.